The lowest BCUT2D eigenvalue weighted by Crippen LogP contribution is -2.22. The monoisotopic (exact) mass is 366 g/mol. The summed E-state index contributed by atoms with van der Waals surface area (Å²) >= 11 is 0. The summed E-state index contributed by atoms with van der Waals surface area (Å²) in [5.41, 5.74) is 3.00. The van der Waals surface area contributed by atoms with Crippen LogP contribution in [0.5, 0.6) is 0 Å². The molecule has 5 rings (SSSR count). The van der Waals surface area contributed by atoms with Crippen LogP contribution in [-0.4, -0.2) is 20.9 Å². The molecule has 0 aliphatic carbocycles. The van der Waals surface area contributed by atoms with Gasteiger partial charge in [0.15, 0.2) is 5.52 Å². The molecule has 0 radical (unpaired) electrons. The Hall–Kier alpha value is -4.06. The number of fused-ring (bicyclic) bond motifs is 2. The Labute approximate surface area is 160 Å². The minimum Gasteiger partial charge on any atom is -0.318 e. The van der Waals surface area contributed by atoms with Gasteiger partial charge in [0.25, 0.3) is 11.7 Å². The van der Waals surface area contributed by atoms with Crippen LogP contribution in [0.3, 0.4) is 0 Å². The molecule has 1 amide bonds. The van der Waals surface area contributed by atoms with Crippen LogP contribution in [0.4, 0.5) is 5.69 Å². The lowest BCUT2D eigenvalue weighted by molar-refractivity contribution is -0.498. The summed E-state index contributed by atoms with van der Waals surface area (Å²) in [7, 11) is 0. The van der Waals surface area contributed by atoms with E-state index >= 15 is 0 Å². The van der Waals surface area contributed by atoms with E-state index in [0.717, 1.165) is 33.4 Å². The fourth-order valence-electron chi connectivity index (χ4n) is 3.39. The van der Waals surface area contributed by atoms with Crippen molar-refractivity contribution in [3.8, 4) is 11.4 Å². The second-order valence-corrected chi connectivity index (χ2v) is 6.40. The molecule has 1 aromatic carbocycles. The van der Waals surface area contributed by atoms with Crippen molar-refractivity contribution in [2.24, 2.45) is 0 Å². The maximum Gasteiger partial charge on any atom is 0.300 e. The summed E-state index contributed by atoms with van der Waals surface area (Å²) in [6.07, 6.45) is 8.90. The second-order valence-electron chi connectivity index (χ2n) is 6.40. The van der Waals surface area contributed by atoms with Crippen molar-refractivity contribution in [1.29, 1.82) is 0 Å². The number of amides is 1. The van der Waals surface area contributed by atoms with Crippen LogP contribution in [0.15, 0.2) is 85.6 Å². The molecule has 0 aliphatic heterocycles. The highest BCUT2D eigenvalue weighted by atomic mass is 16.1. The molecule has 4 aromatic heterocycles. The minimum absolute atomic E-state index is 0.201. The highest BCUT2D eigenvalue weighted by Crippen LogP contribution is 2.23. The third-order valence-corrected chi connectivity index (χ3v) is 4.71. The first-order valence-corrected chi connectivity index (χ1v) is 8.88. The number of benzene rings is 1. The average molecular weight is 366 g/mol. The molecular weight excluding hydrogens is 350 g/mol. The van der Waals surface area contributed by atoms with Gasteiger partial charge in [0.1, 0.15) is 0 Å². The maximum absolute atomic E-state index is 13.1. The number of pyridine rings is 3. The summed E-state index contributed by atoms with van der Waals surface area (Å²) in [4.78, 5) is 24.6. The zero-order valence-electron chi connectivity index (χ0n) is 14.8. The molecule has 6 heteroatoms. The van der Waals surface area contributed by atoms with Crippen LogP contribution in [0.25, 0.3) is 27.7 Å². The Morgan fingerprint density at radius 3 is 2.68 bits per heavy atom. The molecule has 0 fully saturated rings. The second kappa shape index (κ2) is 6.59. The average Bonchev–Trinajstić information content (AvgIpc) is 3.15. The highest BCUT2D eigenvalue weighted by Gasteiger charge is 2.25. The molecule has 134 valence electrons. The number of aromatic amines is 1. The van der Waals surface area contributed by atoms with E-state index in [9.17, 15) is 4.79 Å². The fourth-order valence-corrected chi connectivity index (χ4v) is 3.39. The first-order chi connectivity index (χ1) is 13.8. The molecule has 6 nitrogen and oxygen atoms in total. The van der Waals surface area contributed by atoms with E-state index in [4.69, 9.17) is 0 Å². The number of hydrogen-bond acceptors (Lipinski definition) is 3. The molecule has 4 heterocycles. The van der Waals surface area contributed by atoms with E-state index in [0.29, 0.717) is 5.69 Å². The highest BCUT2D eigenvalue weighted by molar-refractivity contribution is 6.10. The summed E-state index contributed by atoms with van der Waals surface area (Å²) in [6, 6.07) is 17.3. The van der Waals surface area contributed by atoms with Crippen LogP contribution in [0.2, 0.25) is 0 Å². The van der Waals surface area contributed by atoms with Gasteiger partial charge in [-0.15, -0.1) is 0 Å². The number of hydrogen-bond donors (Lipinski definition) is 2. The number of rotatable bonds is 3. The number of H-pyrrole nitrogens is 1. The molecule has 28 heavy (non-hydrogen) atoms. The van der Waals surface area contributed by atoms with Crippen LogP contribution in [0, 0.1) is 0 Å². The summed E-state index contributed by atoms with van der Waals surface area (Å²) in [5.74, 6) is 0.624. The number of anilines is 1. The smallest absolute Gasteiger partial charge is 0.300 e. The van der Waals surface area contributed by atoms with E-state index in [-0.39, 0.29) is 5.91 Å². The standard InChI is InChI=1S/C22H15N5O/c28-22(25-18-5-3-4-16-14-24-12-9-17(16)18)20-19-6-1-2-13-27(19)21(26-20)15-7-10-23-11-8-15/h1-14H,(H,25,28)/p+1. The van der Waals surface area contributed by atoms with Crippen LogP contribution >= 0.6 is 0 Å². The first kappa shape index (κ1) is 16.1. The first-order valence-electron chi connectivity index (χ1n) is 8.88. The Morgan fingerprint density at radius 2 is 1.79 bits per heavy atom. The van der Waals surface area contributed by atoms with Gasteiger partial charge in [-0.2, -0.15) is 4.40 Å². The van der Waals surface area contributed by atoms with Crippen molar-refractivity contribution in [3.05, 3.63) is 91.3 Å². The summed E-state index contributed by atoms with van der Waals surface area (Å²) in [6.45, 7) is 0. The molecule has 5 aromatic rings. The van der Waals surface area contributed by atoms with Crippen molar-refractivity contribution in [2.75, 3.05) is 5.32 Å². The van der Waals surface area contributed by atoms with Gasteiger partial charge in [-0.05, 0) is 36.4 Å². The van der Waals surface area contributed by atoms with E-state index in [1.807, 2.05) is 65.2 Å². The van der Waals surface area contributed by atoms with Crippen LogP contribution in [-0.2, 0) is 0 Å². The number of aromatic nitrogens is 4. The van der Waals surface area contributed by atoms with Gasteiger partial charge < -0.3 is 5.32 Å². The third kappa shape index (κ3) is 2.68. The van der Waals surface area contributed by atoms with Crippen molar-refractivity contribution in [3.63, 3.8) is 0 Å². The Kier molecular flexibility index (Phi) is 3.80. The topological polar surface area (TPSA) is 74.8 Å². The molecule has 0 bridgehead atoms. The number of carbonyl (C=O) groups excluding carboxylic acids is 1. The molecule has 2 N–H and O–H groups in total. The van der Waals surface area contributed by atoms with Gasteiger partial charge in [0, 0.05) is 41.2 Å². The predicted octanol–water partition coefficient (Wildman–Crippen LogP) is 3.62. The molecule has 0 spiro atoms. The van der Waals surface area contributed by atoms with Crippen molar-refractivity contribution in [2.45, 2.75) is 0 Å². The van der Waals surface area contributed by atoms with Crippen LogP contribution in [0.1, 0.15) is 10.5 Å². The number of nitrogens with zero attached hydrogens (tertiary/aromatic N) is 3. The Morgan fingerprint density at radius 1 is 0.929 bits per heavy atom. The van der Waals surface area contributed by atoms with E-state index in [1.54, 1.807) is 24.8 Å². The molecule has 0 atom stereocenters. The number of carbonyl (C=O) groups is 1. The van der Waals surface area contributed by atoms with Crippen molar-refractivity contribution < 1.29 is 9.20 Å². The molecule has 0 saturated heterocycles. The van der Waals surface area contributed by atoms with Crippen LogP contribution < -0.4 is 9.72 Å². The van der Waals surface area contributed by atoms with Gasteiger partial charge in [-0.1, -0.05) is 18.2 Å². The summed E-state index contributed by atoms with van der Waals surface area (Å²) in [5, 5.41) is 4.96. The van der Waals surface area contributed by atoms with E-state index in [1.165, 1.54) is 0 Å². The molecular formula is C22H16N5O+. The van der Waals surface area contributed by atoms with E-state index < -0.39 is 0 Å². The molecule has 0 saturated carbocycles. The quantitative estimate of drug-likeness (QED) is 0.479. The van der Waals surface area contributed by atoms with Gasteiger partial charge in [-0.3, -0.25) is 14.8 Å². The molecule has 0 unspecified atom stereocenters. The Bertz CT molecular complexity index is 1310. The van der Waals surface area contributed by atoms with Crippen molar-refractivity contribution in [1.82, 2.24) is 15.0 Å². The lowest BCUT2D eigenvalue weighted by Gasteiger charge is -2.06. The zero-order valence-corrected chi connectivity index (χ0v) is 14.8. The summed E-state index contributed by atoms with van der Waals surface area (Å²) < 4.78 is 1.97. The predicted molar refractivity (Wildman–Crippen MR) is 107 cm³/mol. The van der Waals surface area contributed by atoms with Gasteiger partial charge in [0.05, 0.1) is 11.8 Å². The van der Waals surface area contributed by atoms with Gasteiger partial charge >= 0.3 is 0 Å². The SMILES string of the molecule is O=C(Nc1cccc2cnccc12)c1[nH]c(-c2ccncc2)[n+]2ccccc12. The van der Waals surface area contributed by atoms with Crippen molar-refractivity contribution >= 4 is 27.9 Å². The van der Waals surface area contributed by atoms with Gasteiger partial charge in [0.2, 0.25) is 5.69 Å². The molecule has 0 aliphatic rings. The Balaban J connectivity index is 1.60. The zero-order chi connectivity index (χ0) is 18.9. The lowest BCUT2D eigenvalue weighted by atomic mass is 10.1. The largest absolute Gasteiger partial charge is 0.318 e. The number of imidazole rings is 1. The minimum atomic E-state index is -0.201. The van der Waals surface area contributed by atoms with E-state index in [2.05, 4.69) is 20.3 Å². The normalized spacial score (nSPS) is 11.0. The number of nitrogens with one attached hydrogen (secondary N) is 2. The fraction of sp³-hybridized carbons (Fsp3) is 0. The van der Waals surface area contributed by atoms with Gasteiger partial charge in [-0.25, -0.2) is 4.98 Å². The maximum atomic E-state index is 13.1. The third-order valence-electron chi connectivity index (χ3n) is 4.71.